The number of hydrazone groups is 1. The molecule has 29 heavy (non-hydrogen) atoms. The Bertz CT molecular complexity index is 1180. The first-order valence-electron chi connectivity index (χ1n) is 9.08. The first-order chi connectivity index (χ1) is 14.1. The Labute approximate surface area is 167 Å². The predicted octanol–water partition coefficient (Wildman–Crippen LogP) is 3.86. The Kier molecular flexibility index (Phi) is 4.99. The van der Waals surface area contributed by atoms with Crippen molar-refractivity contribution in [1.82, 2.24) is 9.99 Å². The van der Waals surface area contributed by atoms with Gasteiger partial charge in [0.15, 0.2) is 0 Å². The number of nitrogens with zero attached hydrogens (tertiary/aromatic N) is 2. The molecule has 144 valence electrons. The van der Waals surface area contributed by atoms with Crippen LogP contribution in [0.25, 0.3) is 10.9 Å². The molecule has 6 nitrogen and oxygen atoms in total. The van der Waals surface area contributed by atoms with Gasteiger partial charge in [-0.3, -0.25) is 4.79 Å². The van der Waals surface area contributed by atoms with Crippen LogP contribution in [0.15, 0.2) is 84.1 Å². The number of fused-ring (bicyclic) bond motifs is 1. The van der Waals surface area contributed by atoms with Gasteiger partial charge in [-0.15, -0.1) is 0 Å². The van der Waals surface area contributed by atoms with Crippen LogP contribution in [0, 0.1) is 0 Å². The summed E-state index contributed by atoms with van der Waals surface area (Å²) in [5, 5.41) is 24.1. The van der Waals surface area contributed by atoms with Gasteiger partial charge in [-0.1, -0.05) is 48.5 Å². The van der Waals surface area contributed by atoms with Gasteiger partial charge in [0.05, 0.1) is 6.21 Å². The minimum Gasteiger partial charge on any atom is -0.508 e. The van der Waals surface area contributed by atoms with Crippen LogP contribution in [0.4, 0.5) is 0 Å². The third-order valence-electron chi connectivity index (χ3n) is 4.55. The average molecular weight is 385 g/mol. The molecule has 0 aliphatic heterocycles. The highest BCUT2D eigenvalue weighted by atomic mass is 16.3. The number of amides is 1. The minimum absolute atomic E-state index is 0.117. The molecule has 1 aromatic heterocycles. The summed E-state index contributed by atoms with van der Waals surface area (Å²) < 4.78 is 2.14. The van der Waals surface area contributed by atoms with Crippen LogP contribution in [0.3, 0.4) is 0 Å². The summed E-state index contributed by atoms with van der Waals surface area (Å²) in [6.45, 7) is 0.726. The molecule has 0 spiro atoms. The highest BCUT2D eigenvalue weighted by Gasteiger charge is 2.09. The molecule has 0 saturated heterocycles. The number of nitrogens with one attached hydrogen (secondary N) is 1. The highest BCUT2D eigenvalue weighted by molar-refractivity contribution is 6.00. The normalized spacial score (nSPS) is 11.2. The van der Waals surface area contributed by atoms with Crippen LogP contribution in [-0.4, -0.2) is 26.9 Å². The Morgan fingerprint density at radius 3 is 2.41 bits per heavy atom. The Balaban J connectivity index is 1.57. The van der Waals surface area contributed by atoms with E-state index in [1.54, 1.807) is 6.21 Å². The first kappa shape index (κ1) is 18.3. The lowest BCUT2D eigenvalue weighted by Gasteiger charge is -2.05. The maximum absolute atomic E-state index is 12.2. The van der Waals surface area contributed by atoms with E-state index in [0.717, 1.165) is 29.1 Å². The van der Waals surface area contributed by atoms with Crippen molar-refractivity contribution in [2.75, 3.05) is 0 Å². The number of phenols is 2. The van der Waals surface area contributed by atoms with E-state index in [1.165, 1.54) is 17.7 Å². The lowest BCUT2D eigenvalue weighted by molar-refractivity contribution is 0.0954. The van der Waals surface area contributed by atoms with Crippen LogP contribution in [0.5, 0.6) is 11.5 Å². The number of carbonyl (C=O) groups is 1. The molecule has 0 aliphatic carbocycles. The molecule has 0 bridgehead atoms. The quantitative estimate of drug-likeness (QED) is 0.360. The van der Waals surface area contributed by atoms with Gasteiger partial charge in [-0.25, -0.2) is 5.43 Å². The van der Waals surface area contributed by atoms with Crippen LogP contribution >= 0.6 is 0 Å². The number of para-hydroxylation sites is 1. The Hall–Kier alpha value is -4.06. The Morgan fingerprint density at radius 2 is 1.66 bits per heavy atom. The molecule has 3 aromatic carbocycles. The standard InChI is InChI=1S/C23H19N3O3/c27-19-10-17(11-20(28)12-19)23(29)25-24-13-18-15-26(14-16-6-2-1-3-7-16)22-9-5-4-8-21(18)22/h1-13,15,27-28H,14H2,(H,25,29)/b24-13+. The zero-order valence-electron chi connectivity index (χ0n) is 15.5. The first-order valence-corrected chi connectivity index (χ1v) is 9.08. The van der Waals surface area contributed by atoms with Gasteiger partial charge in [-0.2, -0.15) is 5.10 Å². The topological polar surface area (TPSA) is 86.9 Å². The van der Waals surface area contributed by atoms with Crippen molar-refractivity contribution in [2.24, 2.45) is 5.10 Å². The summed E-state index contributed by atoms with van der Waals surface area (Å²) in [6, 6.07) is 21.8. The van der Waals surface area contributed by atoms with E-state index >= 15 is 0 Å². The highest BCUT2D eigenvalue weighted by Crippen LogP contribution is 2.22. The van der Waals surface area contributed by atoms with Gasteiger partial charge in [0.25, 0.3) is 5.91 Å². The summed E-state index contributed by atoms with van der Waals surface area (Å²) in [6.07, 6.45) is 3.58. The van der Waals surface area contributed by atoms with Crippen molar-refractivity contribution < 1.29 is 15.0 Å². The number of aromatic hydroxyl groups is 2. The largest absolute Gasteiger partial charge is 0.508 e. The second-order valence-electron chi connectivity index (χ2n) is 6.65. The van der Waals surface area contributed by atoms with Crippen molar-refractivity contribution in [1.29, 1.82) is 0 Å². The molecule has 0 radical (unpaired) electrons. The van der Waals surface area contributed by atoms with E-state index in [1.807, 2.05) is 48.7 Å². The molecule has 0 fully saturated rings. The van der Waals surface area contributed by atoms with Gasteiger partial charge >= 0.3 is 0 Å². The van der Waals surface area contributed by atoms with Crippen molar-refractivity contribution in [3.63, 3.8) is 0 Å². The van der Waals surface area contributed by atoms with E-state index in [0.29, 0.717) is 0 Å². The minimum atomic E-state index is -0.527. The zero-order valence-corrected chi connectivity index (χ0v) is 15.5. The van der Waals surface area contributed by atoms with Gasteiger partial charge in [0.1, 0.15) is 11.5 Å². The molecule has 0 saturated carbocycles. The molecular weight excluding hydrogens is 366 g/mol. The van der Waals surface area contributed by atoms with Gasteiger partial charge in [0.2, 0.25) is 0 Å². The number of rotatable bonds is 5. The third kappa shape index (κ3) is 4.11. The predicted molar refractivity (Wildman–Crippen MR) is 112 cm³/mol. The van der Waals surface area contributed by atoms with E-state index in [2.05, 4.69) is 27.2 Å². The molecule has 0 aliphatic rings. The Morgan fingerprint density at radius 1 is 0.966 bits per heavy atom. The van der Waals surface area contributed by atoms with Gasteiger partial charge < -0.3 is 14.8 Å². The van der Waals surface area contributed by atoms with Gasteiger partial charge in [0, 0.05) is 40.8 Å². The van der Waals surface area contributed by atoms with E-state index < -0.39 is 5.91 Å². The molecule has 4 rings (SSSR count). The lowest BCUT2D eigenvalue weighted by Crippen LogP contribution is -2.17. The number of hydrogen-bond donors (Lipinski definition) is 3. The second-order valence-corrected chi connectivity index (χ2v) is 6.65. The third-order valence-corrected chi connectivity index (χ3v) is 4.55. The second kappa shape index (κ2) is 7.90. The summed E-state index contributed by atoms with van der Waals surface area (Å²) in [5.74, 6) is -0.910. The summed E-state index contributed by atoms with van der Waals surface area (Å²) >= 11 is 0. The number of hydrogen-bond acceptors (Lipinski definition) is 4. The maximum Gasteiger partial charge on any atom is 0.271 e. The van der Waals surface area contributed by atoms with Crippen LogP contribution in [0.1, 0.15) is 21.5 Å². The summed E-state index contributed by atoms with van der Waals surface area (Å²) in [7, 11) is 0. The van der Waals surface area contributed by atoms with Crippen LogP contribution in [-0.2, 0) is 6.54 Å². The fraction of sp³-hybridized carbons (Fsp3) is 0.0435. The van der Waals surface area contributed by atoms with E-state index in [-0.39, 0.29) is 17.1 Å². The van der Waals surface area contributed by atoms with Crippen molar-refractivity contribution in [2.45, 2.75) is 6.54 Å². The van der Waals surface area contributed by atoms with Crippen LogP contribution in [0.2, 0.25) is 0 Å². The zero-order chi connectivity index (χ0) is 20.2. The number of benzene rings is 3. The average Bonchev–Trinajstić information content (AvgIpc) is 3.06. The molecule has 1 amide bonds. The summed E-state index contributed by atoms with van der Waals surface area (Å²) in [4.78, 5) is 12.2. The maximum atomic E-state index is 12.2. The number of phenolic OH excluding ortho intramolecular Hbond substituents is 2. The molecule has 0 atom stereocenters. The van der Waals surface area contributed by atoms with E-state index in [9.17, 15) is 15.0 Å². The van der Waals surface area contributed by atoms with Crippen molar-refractivity contribution in [3.8, 4) is 11.5 Å². The van der Waals surface area contributed by atoms with Crippen molar-refractivity contribution in [3.05, 3.63) is 95.7 Å². The smallest absolute Gasteiger partial charge is 0.271 e. The SMILES string of the molecule is O=C(N/N=C/c1cn(Cc2ccccc2)c2ccccc12)c1cc(O)cc(O)c1. The van der Waals surface area contributed by atoms with Crippen LogP contribution < -0.4 is 5.43 Å². The fourth-order valence-corrected chi connectivity index (χ4v) is 3.24. The number of aromatic nitrogens is 1. The molecule has 6 heteroatoms. The molecule has 1 heterocycles. The van der Waals surface area contributed by atoms with Crippen molar-refractivity contribution >= 4 is 23.0 Å². The molecule has 4 aromatic rings. The molecular formula is C23H19N3O3. The number of carbonyl (C=O) groups excluding carboxylic acids is 1. The van der Waals surface area contributed by atoms with E-state index in [4.69, 9.17) is 0 Å². The summed E-state index contributed by atoms with van der Waals surface area (Å²) in [5.41, 5.74) is 5.67. The fourth-order valence-electron chi connectivity index (χ4n) is 3.24. The van der Waals surface area contributed by atoms with Gasteiger partial charge in [-0.05, 0) is 23.8 Å². The molecule has 0 unspecified atom stereocenters. The lowest BCUT2D eigenvalue weighted by atomic mass is 10.2. The monoisotopic (exact) mass is 385 g/mol. The molecule has 3 N–H and O–H groups in total.